The molecule has 24 heavy (non-hydrogen) atoms. The van der Waals surface area contributed by atoms with Gasteiger partial charge in [-0.15, -0.1) is 0 Å². The minimum Gasteiger partial charge on any atom is -0.296 e. The number of sulfone groups is 1. The molecular formula is C16H15N3O4S. The summed E-state index contributed by atoms with van der Waals surface area (Å²) < 4.78 is 26.8. The quantitative estimate of drug-likeness (QED) is 0.793. The van der Waals surface area contributed by atoms with Crippen molar-refractivity contribution in [2.75, 3.05) is 5.75 Å². The summed E-state index contributed by atoms with van der Waals surface area (Å²) in [5.74, 6) is -0.383. The van der Waals surface area contributed by atoms with Crippen LogP contribution in [0.25, 0.3) is 0 Å². The average Bonchev–Trinajstić information content (AvgIpc) is 3.40. The van der Waals surface area contributed by atoms with Crippen molar-refractivity contribution < 1.29 is 8.42 Å². The topological polar surface area (TPSA) is 102 Å². The van der Waals surface area contributed by atoms with Gasteiger partial charge in [-0.1, -0.05) is 18.2 Å². The van der Waals surface area contributed by atoms with E-state index in [-0.39, 0.29) is 28.8 Å². The van der Waals surface area contributed by atoms with Crippen LogP contribution in [-0.4, -0.2) is 23.3 Å². The summed E-state index contributed by atoms with van der Waals surface area (Å²) in [5, 5.41) is 9.07. The van der Waals surface area contributed by atoms with E-state index in [0.29, 0.717) is 0 Å². The third kappa shape index (κ3) is 3.03. The van der Waals surface area contributed by atoms with Gasteiger partial charge in [0.1, 0.15) is 11.6 Å². The van der Waals surface area contributed by atoms with Gasteiger partial charge in [-0.25, -0.2) is 13.2 Å². The molecule has 0 atom stereocenters. The second-order valence-electron chi connectivity index (χ2n) is 5.66. The number of benzene rings is 1. The number of hydrogen-bond donors (Lipinski definition) is 0. The Kier molecular flexibility index (Phi) is 4.11. The molecule has 2 aromatic rings. The molecule has 0 spiro atoms. The number of hydrogen-bond acceptors (Lipinski definition) is 5. The molecule has 3 rings (SSSR count). The van der Waals surface area contributed by atoms with E-state index in [4.69, 9.17) is 5.26 Å². The van der Waals surface area contributed by atoms with E-state index in [9.17, 15) is 18.0 Å². The first-order valence-corrected chi connectivity index (χ1v) is 9.13. The summed E-state index contributed by atoms with van der Waals surface area (Å²) in [7, 11) is -3.62. The van der Waals surface area contributed by atoms with Crippen molar-refractivity contribution in [3.63, 3.8) is 0 Å². The molecule has 8 heteroatoms. The number of nitrogens with zero attached hydrogens (tertiary/aromatic N) is 3. The van der Waals surface area contributed by atoms with E-state index >= 15 is 0 Å². The second kappa shape index (κ2) is 6.09. The zero-order valence-electron chi connectivity index (χ0n) is 12.8. The molecule has 1 aromatic heterocycles. The van der Waals surface area contributed by atoms with Crippen LogP contribution < -0.4 is 11.2 Å². The lowest BCUT2D eigenvalue weighted by Crippen LogP contribution is -2.42. The van der Waals surface area contributed by atoms with Gasteiger partial charge < -0.3 is 0 Å². The molecule has 0 bridgehead atoms. The van der Waals surface area contributed by atoms with E-state index in [0.717, 1.165) is 17.4 Å². The highest BCUT2D eigenvalue weighted by atomic mass is 32.2. The molecule has 0 amide bonds. The van der Waals surface area contributed by atoms with Gasteiger partial charge in [0, 0.05) is 18.8 Å². The fourth-order valence-corrected chi connectivity index (χ4v) is 3.70. The van der Waals surface area contributed by atoms with Crippen LogP contribution in [0.15, 0.2) is 51.0 Å². The monoisotopic (exact) mass is 345 g/mol. The van der Waals surface area contributed by atoms with Crippen molar-refractivity contribution in [1.29, 1.82) is 5.26 Å². The Hall–Kier alpha value is -2.66. The van der Waals surface area contributed by atoms with Crippen LogP contribution in [0.1, 0.15) is 24.4 Å². The van der Waals surface area contributed by atoms with Gasteiger partial charge in [0.15, 0.2) is 9.84 Å². The van der Waals surface area contributed by atoms with Crippen molar-refractivity contribution in [3.8, 4) is 6.07 Å². The van der Waals surface area contributed by atoms with Crippen LogP contribution >= 0.6 is 0 Å². The minimum atomic E-state index is -3.62. The normalized spacial score (nSPS) is 14.3. The summed E-state index contributed by atoms with van der Waals surface area (Å²) >= 11 is 0. The fourth-order valence-electron chi connectivity index (χ4n) is 2.47. The second-order valence-corrected chi connectivity index (χ2v) is 7.77. The molecule has 1 heterocycles. The maximum atomic E-state index is 12.4. The third-order valence-corrected chi connectivity index (χ3v) is 5.65. The van der Waals surface area contributed by atoms with Gasteiger partial charge in [-0.05, 0) is 25.0 Å². The molecule has 124 valence electrons. The Labute approximate surface area is 138 Å². The predicted molar refractivity (Wildman–Crippen MR) is 86.4 cm³/mol. The Morgan fingerprint density at radius 3 is 2.42 bits per heavy atom. The van der Waals surface area contributed by atoms with E-state index < -0.39 is 21.1 Å². The largest absolute Gasteiger partial charge is 0.331 e. The zero-order chi connectivity index (χ0) is 17.3. The van der Waals surface area contributed by atoms with E-state index in [1.807, 2.05) is 0 Å². The highest BCUT2D eigenvalue weighted by Gasteiger charge is 2.27. The molecule has 1 aromatic carbocycles. The standard InChI is InChI=1S/C16H15N3O4S/c17-10-12-11-19(13-6-7-13)16(21)18(15(12)20)8-9-24(22,23)14-4-2-1-3-5-14/h1-5,11,13H,6-9H2. The molecule has 0 radical (unpaired) electrons. The lowest BCUT2D eigenvalue weighted by atomic mass is 10.3. The van der Waals surface area contributed by atoms with Gasteiger partial charge in [0.25, 0.3) is 5.56 Å². The molecular weight excluding hydrogens is 330 g/mol. The maximum absolute atomic E-state index is 12.4. The first-order valence-electron chi connectivity index (χ1n) is 7.48. The van der Waals surface area contributed by atoms with Crippen molar-refractivity contribution in [3.05, 3.63) is 62.9 Å². The number of rotatable bonds is 5. The molecule has 7 nitrogen and oxygen atoms in total. The Bertz CT molecular complexity index is 1030. The van der Waals surface area contributed by atoms with Crippen molar-refractivity contribution in [1.82, 2.24) is 9.13 Å². The van der Waals surface area contributed by atoms with Crippen LogP contribution in [0.3, 0.4) is 0 Å². The van der Waals surface area contributed by atoms with Crippen LogP contribution in [0.5, 0.6) is 0 Å². The van der Waals surface area contributed by atoms with Gasteiger partial charge in [0.05, 0.1) is 10.6 Å². The van der Waals surface area contributed by atoms with Crippen molar-refractivity contribution in [2.24, 2.45) is 0 Å². The summed E-state index contributed by atoms with van der Waals surface area (Å²) in [6.07, 6.45) is 2.89. The molecule has 0 N–H and O–H groups in total. The summed E-state index contributed by atoms with van der Waals surface area (Å²) in [4.78, 5) is 24.8. The molecule has 0 aliphatic heterocycles. The molecule has 1 aliphatic carbocycles. The Morgan fingerprint density at radius 2 is 1.83 bits per heavy atom. The third-order valence-electron chi connectivity index (χ3n) is 3.94. The van der Waals surface area contributed by atoms with Crippen molar-refractivity contribution in [2.45, 2.75) is 30.3 Å². The van der Waals surface area contributed by atoms with E-state index in [2.05, 4.69) is 0 Å². The van der Waals surface area contributed by atoms with Gasteiger partial charge in [0.2, 0.25) is 0 Å². The van der Waals surface area contributed by atoms with Crippen LogP contribution in [-0.2, 0) is 16.4 Å². The smallest absolute Gasteiger partial charge is 0.296 e. The van der Waals surface area contributed by atoms with Crippen molar-refractivity contribution >= 4 is 9.84 Å². The summed E-state index contributed by atoms with van der Waals surface area (Å²) in [6.45, 7) is -0.281. The highest BCUT2D eigenvalue weighted by Crippen LogP contribution is 2.33. The molecule has 1 aliphatic rings. The van der Waals surface area contributed by atoms with Gasteiger partial charge >= 0.3 is 5.69 Å². The van der Waals surface area contributed by atoms with E-state index in [1.54, 1.807) is 24.3 Å². The Morgan fingerprint density at radius 1 is 1.17 bits per heavy atom. The van der Waals surface area contributed by atoms with Crippen LogP contribution in [0.2, 0.25) is 0 Å². The Balaban J connectivity index is 1.96. The lowest BCUT2D eigenvalue weighted by Gasteiger charge is -2.10. The zero-order valence-corrected chi connectivity index (χ0v) is 13.6. The molecule has 0 saturated heterocycles. The highest BCUT2D eigenvalue weighted by molar-refractivity contribution is 7.91. The molecule has 0 unspecified atom stereocenters. The number of nitriles is 1. The van der Waals surface area contributed by atoms with Crippen LogP contribution in [0, 0.1) is 11.3 Å². The molecule has 1 fully saturated rings. The first-order chi connectivity index (χ1) is 11.4. The average molecular weight is 345 g/mol. The fraction of sp³-hybridized carbons (Fsp3) is 0.312. The first kappa shape index (κ1) is 16.2. The van der Waals surface area contributed by atoms with Crippen LogP contribution in [0.4, 0.5) is 0 Å². The van der Waals surface area contributed by atoms with Gasteiger partial charge in [-0.3, -0.25) is 13.9 Å². The SMILES string of the molecule is N#Cc1cn(C2CC2)c(=O)n(CCS(=O)(=O)c2ccccc2)c1=O. The summed E-state index contributed by atoms with van der Waals surface area (Å²) in [6, 6.07) is 9.61. The minimum absolute atomic E-state index is 0.0119. The molecule has 1 saturated carbocycles. The summed E-state index contributed by atoms with van der Waals surface area (Å²) in [5.41, 5.74) is -1.47. The predicted octanol–water partition coefficient (Wildman–Crippen LogP) is 0.690. The maximum Gasteiger partial charge on any atom is 0.331 e. The van der Waals surface area contributed by atoms with Gasteiger partial charge in [-0.2, -0.15) is 5.26 Å². The number of aromatic nitrogens is 2. The van der Waals surface area contributed by atoms with E-state index in [1.165, 1.54) is 22.9 Å². The lowest BCUT2D eigenvalue weighted by molar-refractivity contribution is 0.560.